The summed E-state index contributed by atoms with van der Waals surface area (Å²) >= 11 is 3.39. The average Bonchev–Trinajstić information content (AvgIpc) is 2.83. The van der Waals surface area contributed by atoms with Gasteiger partial charge in [-0.3, -0.25) is 4.79 Å². The number of halogens is 1. The van der Waals surface area contributed by atoms with Crippen LogP contribution in [0.5, 0.6) is 0 Å². The summed E-state index contributed by atoms with van der Waals surface area (Å²) in [7, 11) is 1.66. The maximum absolute atomic E-state index is 12.0. The first-order valence-electron chi connectivity index (χ1n) is 6.89. The van der Waals surface area contributed by atoms with Crippen molar-refractivity contribution in [2.45, 2.75) is 26.3 Å². The second-order valence-corrected chi connectivity index (χ2v) is 5.31. The first kappa shape index (κ1) is 17.2. The van der Waals surface area contributed by atoms with Crippen molar-refractivity contribution in [3.63, 3.8) is 0 Å². The van der Waals surface area contributed by atoms with Gasteiger partial charge in [-0.1, -0.05) is 0 Å². The summed E-state index contributed by atoms with van der Waals surface area (Å²) in [5.41, 5.74) is 0.690. The van der Waals surface area contributed by atoms with Gasteiger partial charge in [0, 0.05) is 37.5 Å². The quantitative estimate of drug-likeness (QED) is 0.662. The third kappa shape index (κ3) is 6.07. The molecule has 0 aromatic carbocycles. The minimum atomic E-state index is -0.0298. The summed E-state index contributed by atoms with van der Waals surface area (Å²) in [6.07, 6.45) is 3.76. The molecular weight excluding hydrogens is 324 g/mol. The molecule has 0 fully saturated rings. The van der Waals surface area contributed by atoms with Crippen molar-refractivity contribution in [1.29, 1.82) is 0 Å². The van der Waals surface area contributed by atoms with Gasteiger partial charge in [-0.2, -0.15) is 0 Å². The van der Waals surface area contributed by atoms with E-state index in [0.29, 0.717) is 32.1 Å². The molecule has 1 aromatic heterocycles. The lowest BCUT2D eigenvalue weighted by Gasteiger charge is -2.08. The average molecular weight is 347 g/mol. The van der Waals surface area contributed by atoms with Crippen LogP contribution in [-0.4, -0.2) is 43.9 Å². The van der Waals surface area contributed by atoms with Crippen molar-refractivity contribution in [2.75, 3.05) is 33.5 Å². The van der Waals surface area contributed by atoms with E-state index in [1.54, 1.807) is 7.11 Å². The van der Waals surface area contributed by atoms with Crippen LogP contribution in [-0.2, 0) is 16.0 Å². The lowest BCUT2D eigenvalue weighted by Crippen LogP contribution is -2.26. The van der Waals surface area contributed by atoms with E-state index in [0.717, 1.165) is 23.9 Å². The summed E-state index contributed by atoms with van der Waals surface area (Å²) in [4.78, 5) is 12.0. The Balaban J connectivity index is 2.17. The number of carbonyl (C=O) groups excluding carboxylic acids is 1. The molecule has 1 rings (SSSR count). The van der Waals surface area contributed by atoms with Crippen LogP contribution in [0.25, 0.3) is 0 Å². The molecule has 0 unspecified atom stereocenters. The molecule has 0 aliphatic heterocycles. The second-order valence-electron chi connectivity index (χ2n) is 4.40. The van der Waals surface area contributed by atoms with Crippen LogP contribution in [0, 0.1) is 0 Å². The zero-order valence-corrected chi connectivity index (χ0v) is 13.7. The van der Waals surface area contributed by atoms with Gasteiger partial charge in [0.1, 0.15) is 5.69 Å². The Bertz CT molecular complexity index is 407. The van der Waals surface area contributed by atoms with E-state index in [2.05, 4.69) is 21.2 Å². The van der Waals surface area contributed by atoms with Crippen molar-refractivity contribution >= 4 is 21.8 Å². The van der Waals surface area contributed by atoms with E-state index in [4.69, 9.17) is 9.47 Å². The summed E-state index contributed by atoms with van der Waals surface area (Å²) in [5.74, 6) is -0.0298. The van der Waals surface area contributed by atoms with Crippen molar-refractivity contribution in [3.05, 3.63) is 22.4 Å². The van der Waals surface area contributed by atoms with Crippen LogP contribution >= 0.6 is 15.9 Å². The molecular formula is C14H23BrN2O3. The Hall–Kier alpha value is -0.850. The van der Waals surface area contributed by atoms with E-state index in [9.17, 15) is 4.79 Å². The minimum absolute atomic E-state index is 0.0298. The third-order valence-corrected chi connectivity index (χ3v) is 3.30. The first-order valence-corrected chi connectivity index (χ1v) is 7.69. The number of ether oxygens (including phenoxy) is 2. The molecule has 20 heavy (non-hydrogen) atoms. The number of methoxy groups -OCH3 is 1. The molecule has 0 aliphatic rings. The fourth-order valence-corrected chi connectivity index (χ4v) is 2.26. The fraction of sp³-hybridized carbons (Fsp3) is 0.643. The van der Waals surface area contributed by atoms with Gasteiger partial charge in [0.05, 0.1) is 13.2 Å². The Labute approximate surface area is 128 Å². The van der Waals surface area contributed by atoms with Crippen LogP contribution in [0.4, 0.5) is 0 Å². The largest absolute Gasteiger partial charge is 0.382 e. The van der Waals surface area contributed by atoms with Gasteiger partial charge in [0.15, 0.2) is 0 Å². The number of hydrogen-bond donors (Lipinski definition) is 1. The van der Waals surface area contributed by atoms with Crippen LogP contribution in [0.3, 0.4) is 0 Å². The van der Waals surface area contributed by atoms with Gasteiger partial charge in [-0.25, -0.2) is 0 Å². The lowest BCUT2D eigenvalue weighted by atomic mass is 10.3. The lowest BCUT2D eigenvalue weighted by molar-refractivity contribution is 0.0686. The highest BCUT2D eigenvalue weighted by atomic mass is 79.9. The van der Waals surface area contributed by atoms with Gasteiger partial charge in [-0.05, 0) is 41.8 Å². The molecule has 1 aromatic rings. The Morgan fingerprint density at radius 2 is 2.15 bits per heavy atom. The molecule has 0 saturated heterocycles. The zero-order valence-electron chi connectivity index (χ0n) is 12.2. The van der Waals surface area contributed by atoms with Crippen molar-refractivity contribution in [3.8, 4) is 0 Å². The van der Waals surface area contributed by atoms with Crippen molar-refractivity contribution < 1.29 is 14.3 Å². The number of rotatable bonds is 10. The highest BCUT2D eigenvalue weighted by molar-refractivity contribution is 9.10. The first-order chi connectivity index (χ1) is 9.69. The number of nitrogens with one attached hydrogen (secondary N) is 1. The molecule has 114 valence electrons. The molecule has 0 radical (unpaired) electrons. The van der Waals surface area contributed by atoms with Gasteiger partial charge in [-0.15, -0.1) is 0 Å². The SMILES string of the molecule is CCn1cc(Br)cc1C(=O)NCCCCOCCOC. The number of carbonyl (C=O) groups is 1. The third-order valence-electron chi connectivity index (χ3n) is 2.87. The zero-order chi connectivity index (χ0) is 14.8. The number of aromatic nitrogens is 1. The molecule has 1 heterocycles. The predicted octanol–water partition coefficient (Wildman–Crippen LogP) is 2.44. The van der Waals surface area contributed by atoms with E-state index in [-0.39, 0.29) is 5.91 Å². The van der Waals surface area contributed by atoms with Crippen LogP contribution in [0.2, 0.25) is 0 Å². The maximum Gasteiger partial charge on any atom is 0.267 e. The van der Waals surface area contributed by atoms with Crippen LogP contribution in [0.1, 0.15) is 30.3 Å². The number of nitrogens with zero attached hydrogens (tertiary/aromatic N) is 1. The van der Waals surface area contributed by atoms with Gasteiger partial charge < -0.3 is 19.4 Å². The highest BCUT2D eigenvalue weighted by Crippen LogP contribution is 2.14. The molecule has 0 bridgehead atoms. The molecule has 0 saturated carbocycles. The molecule has 0 spiro atoms. The standard InChI is InChI=1S/C14H23BrN2O3/c1-3-17-11-12(15)10-13(17)14(18)16-6-4-5-7-20-9-8-19-2/h10-11H,3-9H2,1-2H3,(H,16,18). The normalized spacial score (nSPS) is 10.8. The minimum Gasteiger partial charge on any atom is -0.382 e. The Morgan fingerprint density at radius 3 is 2.85 bits per heavy atom. The van der Waals surface area contributed by atoms with Crippen molar-refractivity contribution in [1.82, 2.24) is 9.88 Å². The fourth-order valence-electron chi connectivity index (χ4n) is 1.79. The Kier molecular flexibility index (Phi) is 8.57. The van der Waals surface area contributed by atoms with E-state index in [1.807, 2.05) is 23.8 Å². The van der Waals surface area contributed by atoms with Gasteiger partial charge in [0.25, 0.3) is 5.91 Å². The monoisotopic (exact) mass is 346 g/mol. The van der Waals surface area contributed by atoms with E-state index >= 15 is 0 Å². The molecule has 1 amide bonds. The van der Waals surface area contributed by atoms with Gasteiger partial charge >= 0.3 is 0 Å². The van der Waals surface area contributed by atoms with Crippen LogP contribution < -0.4 is 5.32 Å². The number of aryl methyl sites for hydroxylation is 1. The molecule has 5 nitrogen and oxygen atoms in total. The molecule has 1 N–H and O–H groups in total. The van der Waals surface area contributed by atoms with Crippen LogP contribution in [0.15, 0.2) is 16.7 Å². The summed E-state index contributed by atoms with van der Waals surface area (Å²) in [6.45, 7) is 5.41. The maximum atomic E-state index is 12.0. The van der Waals surface area contributed by atoms with E-state index in [1.165, 1.54) is 0 Å². The van der Waals surface area contributed by atoms with Crippen molar-refractivity contribution in [2.24, 2.45) is 0 Å². The predicted molar refractivity (Wildman–Crippen MR) is 82.1 cm³/mol. The number of hydrogen-bond acceptors (Lipinski definition) is 3. The smallest absolute Gasteiger partial charge is 0.267 e. The Morgan fingerprint density at radius 1 is 1.35 bits per heavy atom. The number of unbranched alkanes of at least 4 members (excludes halogenated alkanes) is 1. The summed E-state index contributed by atoms with van der Waals surface area (Å²) in [6, 6.07) is 1.84. The molecule has 6 heteroatoms. The second kappa shape index (κ2) is 9.96. The van der Waals surface area contributed by atoms with Gasteiger partial charge in [0.2, 0.25) is 0 Å². The summed E-state index contributed by atoms with van der Waals surface area (Å²) < 4.78 is 13.1. The van der Waals surface area contributed by atoms with E-state index < -0.39 is 0 Å². The summed E-state index contributed by atoms with van der Waals surface area (Å²) in [5, 5.41) is 2.93. The highest BCUT2D eigenvalue weighted by Gasteiger charge is 2.11. The number of amides is 1. The topological polar surface area (TPSA) is 52.5 Å². The molecule has 0 aliphatic carbocycles. The molecule has 0 atom stereocenters.